The van der Waals surface area contributed by atoms with Crippen LogP contribution >= 0.6 is 23.6 Å². The Kier molecular flexibility index (Phi) is 5.73. The lowest BCUT2D eigenvalue weighted by Gasteiger charge is -2.04. The maximum absolute atomic E-state index is 11.6. The topological polar surface area (TPSA) is 63.2 Å². The molecule has 0 radical (unpaired) electrons. The van der Waals surface area contributed by atoms with Crippen molar-refractivity contribution in [3.8, 4) is 0 Å². The Morgan fingerprint density at radius 1 is 1.67 bits per heavy atom. The average molecular weight is 285 g/mol. The third kappa shape index (κ3) is 4.08. The van der Waals surface area contributed by atoms with Crippen molar-refractivity contribution in [1.29, 1.82) is 0 Å². The molecule has 0 saturated heterocycles. The first kappa shape index (κ1) is 14.6. The summed E-state index contributed by atoms with van der Waals surface area (Å²) in [5.74, 6) is -0.356. The van der Waals surface area contributed by atoms with Crippen molar-refractivity contribution in [1.82, 2.24) is 10.3 Å². The van der Waals surface area contributed by atoms with Gasteiger partial charge in [-0.2, -0.15) is 0 Å². The zero-order chi connectivity index (χ0) is 13.5. The Bertz CT molecular complexity index is 457. The first-order valence-corrected chi connectivity index (χ1v) is 6.61. The number of carbonyl (C=O) groups is 1. The first-order valence-electron chi connectivity index (χ1n) is 5.38. The SMILES string of the molecule is C=CCNC(=S)Nc1nc(C)c(C(=O)OCC)s1. The van der Waals surface area contributed by atoms with Gasteiger partial charge in [0.2, 0.25) is 0 Å². The number of carbonyl (C=O) groups excluding carboxylic acids is 1. The summed E-state index contributed by atoms with van der Waals surface area (Å²) in [6, 6.07) is 0. The van der Waals surface area contributed by atoms with E-state index in [1.54, 1.807) is 19.9 Å². The van der Waals surface area contributed by atoms with Crippen molar-refractivity contribution in [3.63, 3.8) is 0 Å². The van der Waals surface area contributed by atoms with Crippen LogP contribution in [-0.4, -0.2) is 29.2 Å². The van der Waals surface area contributed by atoms with E-state index >= 15 is 0 Å². The van der Waals surface area contributed by atoms with Gasteiger partial charge in [-0.3, -0.25) is 0 Å². The molecule has 0 bridgehead atoms. The van der Waals surface area contributed by atoms with E-state index in [4.69, 9.17) is 17.0 Å². The molecule has 1 aromatic heterocycles. The van der Waals surface area contributed by atoms with Crippen molar-refractivity contribution < 1.29 is 9.53 Å². The van der Waals surface area contributed by atoms with Crippen LogP contribution in [0, 0.1) is 6.92 Å². The second-order valence-electron chi connectivity index (χ2n) is 3.28. The van der Waals surface area contributed by atoms with Gasteiger partial charge in [-0.1, -0.05) is 17.4 Å². The van der Waals surface area contributed by atoms with Crippen LogP contribution < -0.4 is 10.6 Å². The summed E-state index contributed by atoms with van der Waals surface area (Å²) in [6.45, 7) is 8.02. The predicted octanol–water partition coefficient (Wildman–Crippen LogP) is 2.10. The largest absolute Gasteiger partial charge is 0.462 e. The molecule has 1 rings (SSSR count). The number of aryl methyl sites for hydroxylation is 1. The first-order chi connectivity index (χ1) is 8.58. The van der Waals surface area contributed by atoms with Gasteiger partial charge in [-0.15, -0.1) is 6.58 Å². The quantitative estimate of drug-likeness (QED) is 0.491. The molecule has 2 N–H and O–H groups in total. The maximum atomic E-state index is 11.6. The van der Waals surface area contributed by atoms with Crippen molar-refractivity contribution in [2.75, 3.05) is 18.5 Å². The third-order valence-corrected chi connectivity index (χ3v) is 3.18. The zero-order valence-electron chi connectivity index (χ0n) is 10.3. The molecule has 0 aromatic carbocycles. The van der Waals surface area contributed by atoms with E-state index in [2.05, 4.69) is 22.2 Å². The van der Waals surface area contributed by atoms with Gasteiger partial charge in [0, 0.05) is 6.54 Å². The van der Waals surface area contributed by atoms with Crippen LogP contribution in [-0.2, 0) is 4.74 Å². The number of rotatable bonds is 5. The fraction of sp³-hybridized carbons (Fsp3) is 0.364. The number of thiocarbonyl (C=S) groups is 1. The summed E-state index contributed by atoms with van der Waals surface area (Å²) in [7, 11) is 0. The molecule has 0 fully saturated rings. The number of nitrogens with zero attached hydrogens (tertiary/aromatic N) is 1. The highest BCUT2D eigenvalue weighted by atomic mass is 32.1. The summed E-state index contributed by atoms with van der Waals surface area (Å²) >= 11 is 6.27. The number of aromatic nitrogens is 1. The Morgan fingerprint density at radius 2 is 2.39 bits per heavy atom. The molecular weight excluding hydrogens is 270 g/mol. The summed E-state index contributed by atoms with van der Waals surface area (Å²) in [6.07, 6.45) is 1.70. The normalized spacial score (nSPS) is 9.67. The van der Waals surface area contributed by atoms with Gasteiger partial charge in [0.25, 0.3) is 0 Å². The highest BCUT2D eigenvalue weighted by Crippen LogP contribution is 2.23. The Morgan fingerprint density at radius 3 is 3.00 bits per heavy atom. The van der Waals surface area contributed by atoms with E-state index < -0.39 is 0 Å². The fourth-order valence-corrected chi connectivity index (χ4v) is 2.25. The summed E-state index contributed by atoms with van der Waals surface area (Å²) in [4.78, 5) is 16.3. The van der Waals surface area contributed by atoms with E-state index in [0.29, 0.717) is 34.0 Å². The third-order valence-electron chi connectivity index (χ3n) is 1.88. The molecule has 18 heavy (non-hydrogen) atoms. The number of esters is 1. The Labute approximate surface area is 115 Å². The Hall–Kier alpha value is -1.47. The molecule has 1 aromatic rings. The van der Waals surface area contributed by atoms with Crippen LogP contribution in [0.3, 0.4) is 0 Å². The second kappa shape index (κ2) is 7.07. The van der Waals surface area contributed by atoms with Crippen LogP contribution in [0.5, 0.6) is 0 Å². The zero-order valence-corrected chi connectivity index (χ0v) is 11.9. The molecule has 7 heteroatoms. The van der Waals surface area contributed by atoms with E-state index in [1.807, 2.05) is 0 Å². The number of hydrogen-bond donors (Lipinski definition) is 2. The average Bonchev–Trinajstić information content (AvgIpc) is 2.68. The molecule has 0 unspecified atom stereocenters. The van der Waals surface area contributed by atoms with Gasteiger partial charge in [-0.25, -0.2) is 9.78 Å². The lowest BCUT2D eigenvalue weighted by Crippen LogP contribution is -2.28. The van der Waals surface area contributed by atoms with E-state index in [-0.39, 0.29) is 5.97 Å². The highest BCUT2D eigenvalue weighted by Gasteiger charge is 2.16. The minimum atomic E-state index is -0.356. The van der Waals surface area contributed by atoms with Gasteiger partial charge in [0.15, 0.2) is 10.2 Å². The standard InChI is InChI=1S/C11H15N3O2S2/c1-4-6-12-10(17)14-11-13-7(3)8(18-11)9(15)16-5-2/h4H,1,5-6H2,2-3H3,(H2,12,13,14,17). The molecule has 0 aliphatic carbocycles. The summed E-state index contributed by atoms with van der Waals surface area (Å²) in [5.41, 5.74) is 0.632. The predicted molar refractivity (Wildman–Crippen MR) is 77.2 cm³/mol. The van der Waals surface area contributed by atoms with Crippen molar-refractivity contribution in [2.45, 2.75) is 13.8 Å². The highest BCUT2D eigenvalue weighted by molar-refractivity contribution is 7.80. The van der Waals surface area contributed by atoms with Crippen molar-refractivity contribution in [3.05, 3.63) is 23.2 Å². The maximum Gasteiger partial charge on any atom is 0.350 e. The van der Waals surface area contributed by atoms with Crippen molar-refractivity contribution >= 4 is 39.8 Å². The minimum Gasteiger partial charge on any atom is -0.462 e. The number of hydrogen-bond acceptors (Lipinski definition) is 5. The van der Waals surface area contributed by atoms with Gasteiger partial charge in [0.05, 0.1) is 12.3 Å². The van der Waals surface area contributed by atoms with E-state index in [9.17, 15) is 4.79 Å². The van der Waals surface area contributed by atoms with Gasteiger partial charge >= 0.3 is 5.97 Å². The fourth-order valence-electron chi connectivity index (χ4n) is 1.14. The second-order valence-corrected chi connectivity index (χ2v) is 4.69. The summed E-state index contributed by atoms with van der Waals surface area (Å²) < 4.78 is 4.93. The van der Waals surface area contributed by atoms with Crippen LogP contribution in [0.1, 0.15) is 22.3 Å². The van der Waals surface area contributed by atoms with E-state index in [1.165, 1.54) is 11.3 Å². The van der Waals surface area contributed by atoms with Crippen LogP contribution in [0.15, 0.2) is 12.7 Å². The Balaban J connectivity index is 2.69. The monoisotopic (exact) mass is 285 g/mol. The van der Waals surface area contributed by atoms with E-state index in [0.717, 1.165) is 0 Å². The summed E-state index contributed by atoms with van der Waals surface area (Å²) in [5, 5.41) is 6.83. The molecular formula is C11H15N3O2S2. The molecule has 1 heterocycles. The number of thiazole rings is 1. The van der Waals surface area contributed by atoms with Gasteiger partial charge in [-0.05, 0) is 26.1 Å². The molecule has 0 aliphatic rings. The van der Waals surface area contributed by atoms with Gasteiger partial charge in [0.1, 0.15) is 4.88 Å². The van der Waals surface area contributed by atoms with Crippen LogP contribution in [0.4, 0.5) is 5.13 Å². The van der Waals surface area contributed by atoms with Gasteiger partial charge < -0.3 is 15.4 Å². The molecule has 0 saturated carbocycles. The molecule has 0 aliphatic heterocycles. The molecule has 0 atom stereocenters. The minimum absolute atomic E-state index is 0.345. The molecule has 0 amide bonds. The molecule has 0 spiro atoms. The molecule has 5 nitrogen and oxygen atoms in total. The molecule has 98 valence electrons. The van der Waals surface area contributed by atoms with Crippen LogP contribution in [0.25, 0.3) is 0 Å². The van der Waals surface area contributed by atoms with Crippen molar-refractivity contribution in [2.24, 2.45) is 0 Å². The lowest BCUT2D eigenvalue weighted by atomic mass is 10.4. The lowest BCUT2D eigenvalue weighted by molar-refractivity contribution is 0.0531. The smallest absolute Gasteiger partial charge is 0.350 e. The number of nitrogens with one attached hydrogen (secondary N) is 2. The number of anilines is 1. The van der Waals surface area contributed by atoms with Crippen LogP contribution in [0.2, 0.25) is 0 Å². The number of ether oxygens (including phenoxy) is 1.